The molecule has 0 saturated heterocycles. The molecule has 1 aromatic heterocycles. The highest BCUT2D eigenvalue weighted by molar-refractivity contribution is 9.10. The molecule has 0 saturated carbocycles. The zero-order chi connectivity index (χ0) is 17.1. The lowest BCUT2D eigenvalue weighted by Gasteiger charge is -2.01. The SMILES string of the molecule is Cc1ccc(-c2ccc(/C=C(/C#N)c3ccc(Cl)cc3)o2)cc1Br. The van der Waals surface area contributed by atoms with Gasteiger partial charge >= 0.3 is 0 Å². The molecule has 3 aromatic rings. The second-order valence-corrected chi connectivity index (χ2v) is 6.63. The highest BCUT2D eigenvalue weighted by atomic mass is 79.9. The van der Waals surface area contributed by atoms with E-state index in [1.54, 1.807) is 18.2 Å². The second kappa shape index (κ2) is 7.09. The lowest BCUT2D eigenvalue weighted by atomic mass is 10.1. The first-order valence-corrected chi connectivity index (χ1v) is 8.48. The number of rotatable bonds is 3. The van der Waals surface area contributed by atoms with Gasteiger partial charge in [0, 0.05) is 15.1 Å². The number of aryl methyl sites for hydroxylation is 1. The molecule has 0 bridgehead atoms. The van der Waals surface area contributed by atoms with Crippen molar-refractivity contribution in [2.45, 2.75) is 6.92 Å². The molecule has 2 nitrogen and oxygen atoms in total. The summed E-state index contributed by atoms with van der Waals surface area (Å²) in [5, 5.41) is 10.0. The van der Waals surface area contributed by atoms with Crippen LogP contribution in [0.15, 0.2) is 63.5 Å². The van der Waals surface area contributed by atoms with Crippen LogP contribution in [0.4, 0.5) is 0 Å². The average Bonchev–Trinajstić information content (AvgIpc) is 3.05. The van der Waals surface area contributed by atoms with Crippen molar-refractivity contribution in [3.8, 4) is 17.4 Å². The predicted octanol–water partition coefficient (Wildman–Crippen LogP) is 6.74. The summed E-state index contributed by atoms with van der Waals surface area (Å²) in [5.74, 6) is 1.39. The fraction of sp³-hybridized carbons (Fsp3) is 0.0500. The molecule has 0 atom stereocenters. The molecule has 0 fully saturated rings. The Bertz CT molecular complexity index is 949. The summed E-state index contributed by atoms with van der Waals surface area (Å²) in [4.78, 5) is 0. The normalized spacial score (nSPS) is 11.3. The van der Waals surface area contributed by atoms with Crippen molar-refractivity contribution in [3.05, 3.63) is 81.0 Å². The summed E-state index contributed by atoms with van der Waals surface area (Å²) < 4.78 is 6.90. The van der Waals surface area contributed by atoms with Crippen LogP contribution in [0.5, 0.6) is 0 Å². The maximum atomic E-state index is 9.40. The third kappa shape index (κ3) is 3.62. The number of halogens is 2. The molecule has 3 rings (SSSR count). The Morgan fingerprint density at radius 2 is 1.88 bits per heavy atom. The molecule has 0 amide bonds. The maximum Gasteiger partial charge on any atom is 0.134 e. The highest BCUT2D eigenvalue weighted by Crippen LogP contribution is 2.28. The van der Waals surface area contributed by atoms with E-state index in [1.165, 1.54) is 5.56 Å². The number of benzene rings is 2. The minimum atomic E-state index is 0.526. The van der Waals surface area contributed by atoms with Crippen molar-refractivity contribution in [1.29, 1.82) is 5.26 Å². The zero-order valence-electron chi connectivity index (χ0n) is 12.9. The number of hydrogen-bond donors (Lipinski definition) is 0. The largest absolute Gasteiger partial charge is 0.457 e. The number of allylic oxidation sites excluding steroid dienone is 1. The fourth-order valence-electron chi connectivity index (χ4n) is 2.28. The monoisotopic (exact) mass is 397 g/mol. The van der Waals surface area contributed by atoms with Gasteiger partial charge in [0.25, 0.3) is 0 Å². The van der Waals surface area contributed by atoms with Gasteiger partial charge in [0.1, 0.15) is 11.5 Å². The molecule has 0 aliphatic rings. The third-order valence-electron chi connectivity index (χ3n) is 3.65. The topological polar surface area (TPSA) is 36.9 Å². The summed E-state index contributed by atoms with van der Waals surface area (Å²) in [5.41, 5.74) is 3.48. The van der Waals surface area contributed by atoms with Gasteiger partial charge in [-0.3, -0.25) is 0 Å². The van der Waals surface area contributed by atoms with Crippen LogP contribution in [0.2, 0.25) is 5.02 Å². The summed E-state index contributed by atoms with van der Waals surface area (Å²) in [6.07, 6.45) is 1.73. The van der Waals surface area contributed by atoms with Gasteiger partial charge in [0.2, 0.25) is 0 Å². The smallest absolute Gasteiger partial charge is 0.134 e. The van der Waals surface area contributed by atoms with E-state index in [0.717, 1.165) is 21.4 Å². The quantitative estimate of drug-likeness (QED) is 0.458. The lowest BCUT2D eigenvalue weighted by molar-refractivity contribution is 0.572. The fourth-order valence-corrected chi connectivity index (χ4v) is 2.79. The van der Waals surface area contributed by atoms with E-state index in [2.05, 4.69) is 22.0 Å². The predicted molar refractivity (Wildman–Crippen MR) is 102 cm³/mol. The van der Waals surface area contributed by atoms with E-state index in [0.29, 0.717) is 16.4 Å². The van der Waals surface area contributed by atoms with Gasteiger partial charge in [-0.2, -0.15) is 5.26 Å². The molecule has 118 valence electrons. The molecule has 0 spiro atoms. The molecular weight excluding hydrogens is 386 g/mol. The Labute approximate surface area is 154 Å². The Hall–Kier alpha value is -2.28. The van der Waals surface area contributed by atoms with E-state index in [1.807, 2.05) is 49.4 Å². The zero-order valence-corrected chi connectivity index (χ0v) is 15.2. The molecule has 0 aliphatic carbocycles. The highest BCUT2D eigenvalue weighted by Gasteiger charge is 2.07. The number of furan rings is 1. The van der Waals surface area contributed by atoms with Crippen LogP contribution in [0.25, 0.3) is 23.0 Å². The molecule has 0 N–H and O–H groups in total. The maximum absolute atomic E-state index is 9.40. The molecule has 4 heteroatoms. The first kappa shape index (κ1) is 16.6. The molecular formula is C20H13BrClNO. The second-order valence-electron chi connectivity index (χ2n) is 5.34. The van der Waals surface area contributed by atoms with E-state index in [4.69, 9.17) is 16.0 Å². The minimum absolute atomic E-state index is 0.526. The Kier molecular flexibility index (Phi) is 4.89. The summed E-state index contributed by atoms with van der Waals surface area (Å²) in [6, 6.07) is 19.2. The lowest BCUT2D eigenvalue weighted by Crippen LogP contribution is -1.81. The van der Waals surface area contributed by atoms with E-state index >= 15 is 0 Å². The molecule has 24 heavy (non-hydrogen) atoms. The number of nitrogens with zero attached hydrogens (tertiary/aromatic N) is 1. The average molecular weight is 399 g/mol. The Morgan fingerprint density at radius 1 is 1.12 bits per heavy atom. The van der Waals surface area contributed by atoms with Crippen LogP contribution >= 0.6 is 27.5 Å². The van der Waals surface area contributed by atoms with Gasteiger partial charge in [0.05, 0.1) is 11.6 Å². The first-order valence-electron chi connectivity index (χ1n) is 7.31. The van der Waals surface area contributed by atoms with Crippen LogP contribution in [0, 0.1) is 18.3 Å². The molecule has 0 unspecified atom stereocenters. The first-order chi connectivity index (χ1) is 11.6. The number of nitriles is 1. The van der Waals surface area contributed by atoms with Crippen LogP contribution in [-0.2, 0) is 0 Å². The summed E-state index contributed by atoms with van der Waals surface area (Å²) in [6.45, 7) is 2.04. The molecule has 1 heterocycles. The Balaban J connectivity index is 1.93. The van der Waals surface area contributed by atoms with Gasteiger partial charge in [0.15, 0.2) is 0 Å². The van der Waals surface area contributed by atoms with Crippen LogP contribution in [0.3, 0.4) is 0 Å². The van der Waals surface area contributed by atoms with E-state index < -0.39 is 0 Å². The molecule has 0 aliphatic heterocycles. The van der Waals surface area contributed by atoms with E-state index in [9.17, 15) is 5.26 Å². The minimum Gasteiger partial charge on any atom is -0.457 e. The van der Waals surface area contributed by atoms with Gasteiger partial charge in [-0.25, -0.2) is 0 Å². The van der Waals surface area contributed by atoms with Crippen molar-refractivity contribution in [1.82, 2.24) is 0 Å². The molecule has 2 aromatic carbocycles. The summed E-state index contributed by atoms with van der Waals surface area (Å²) in [7, 11) is 0. The van der Waals surface area contributed by atoms with Crippen molar-refractivity contribution < 1.29 is 4.42 Å². The summed E-state index contributed by atoms with van der Waals surface area (Å²) >= 11 is 9.42. The Morgan fingerprint density at radius 3 is 2.54 bits per heavy atom. The van der Waals surface area contributed by atoms with Crippen LogP contribution < -0.4 is 0 Å². The van der Waals surface area contributed by atoms with Gasteiger partial charge in [-0.05, 0) is 54.5 Å². The number of hydrogen-bond acceptors (Lipinski definition) is 2. The van der Waals surface area contributed by atoms with Crippen molar-refractivity contribution >= 4 is 39.2 Å². The van der Waals surface area contributed by atoms with Gasteiger partial charge in [-0.15, -0.1) is 0 Å². The van der Waals surface area contributed by atoms with Gasteiger partial charge in [-0.1, -0.05) is 51.8 Å². The molecule has 0 radical (unpaired) electrons. The standard InChI is InChI=1S/C20H13BrClNO/c1-13-2-3-15(11-19(13)21)20-9-8-18(24-20)10-16(12-23)14-4-6-17(22)7-5-14/h2-11H,1H3/b16-10-. The van der Waals surface area contributed by atoms with Crippen molar-refractivity contribution in [3.63, 3.8) is 0 Å². The van der Waals surface area contributed by atoms with Gasteiger partial charge < -0.3 is 4.42 Å². The van der Waals surface area contributed by atoms with Crippen molar-refractivity contribution in [2.24, 2.45) is 0 Å². The van der Waals surface area contributed by atoms with E-state index in [-0.39, 0.29) is 0 Å². The van der Waals surface area contributed by atoms with Crippen molar-refractivity contribution in [2.75, 3.05) is 0 Å². The van der Waals surface area contributed by atoms with Crippen LogP contribution in [-0.4, -0.2) is 0 Å². The van der Waals surface area contributed by atoms with Crippen LogP contribution in [0.1, 0.15) is 16.9 Å². The third-order valence-corrected chi connectivity index (χ3v) is 4.75.